The van der Waals surface area contributed by atoms with Crippen molar-refractivity contribution in [2.75, 3.05) is 0 Å². The van der Waals surface area contributed by atoms with Crippen LogP contribution in [0.15, 0.2) is 42.5 Å². The molecule has 0 aliphatic carbocycles. The lowest BCUT2D eigenvalue weighted by molar-refractivity contribution is -0.141. The summed E-state index contributed by atoms with van der Waals surface area (Å²) in [4.78, 5) is 23.4. The summed E-state index contributed by atoms with van der Waals surface area (Å²) in [5.41, 5.74) is 1.30. The molecule has 4 nitrogen and oxygen atoms in total. The van der Waals surface area contributed by atoms with Crippen molar-refractivity contribution < 1.29 is 23.5 Å². The summed E-state index contributed by atoms with van der Waals surface area (Å²) in [5.74, 6) is -3.63. The Morgan fingerprint density at radius 2 is 1.71 bits per heavy atom. The molecule has 24 heavy (non-hydrogen) atoms. The first-order valence-electron chi connectivity index (χ1n) is 7.38. The molecule has 0 aliphatic heterocycles. The van der Waals surface area contributed by atoms with E-state index in [0.717, 1.165) is 23.3 Å². The summed E-state index contributed by atoms with van der Waals surface area (Å²) in [6.07, 6.45) is -0.469. The molecule has 0 aromatic heterocycles. The number of halogens is 2. The zero-order valence-corrected chi connectivity index (χ0v) is 13.1. The summed E-state index contributed by atoms with van der Waals surface area (Å²) in [6.45, 7) is 1.84. The van der Waals surface area contributed by atoms with E-state index in [-0.39, 0.29) is 12.0 Å². The van der Waals surface area contributed by atoms with Crippen LogP contribution < -0.4 is 5.32 Å². The Morgan fingerprint density at radius 1 is 1.08 bits per heavy atom. The third kappa shape index (κ3) is 4.38. The van der Waals surface area contributed by atoms with Crippen LogP contribution in [0, 0.1) is 18.6 Å². The minimum atomic E-state index is -1.21. The Bertz CT molecular complexity index is 741. The van der Waals surface area contributed by atoms with Crippen LogP contribution >= 0.6 is 0 Å². The zero-order chi connectivity index (χ0) is 17.7. The van der Waals surface area contributed by atoms with Crippen molar-refractivity contribution in [1.29, 1.82) is 0 Å². The molecule has 0 saturated heterocycles. The van der Waals surface area contributed by atoms with Gasteiger partial charge in [-0.15, -0.1) is 0 Å². The smallest absolute Gasteiger partial charge is 0.326 e. The maximum absolute atomic E-state index is 13.6. The molecule has 0 spiro atoms. The SMILES string of the molecule is Cc1ccccc1C[C@H](NC(=O)Cc1c(F)cccc1F)C(=O)O. The molecular formula is C18H17F2NO3. The molecule has 0 unspecified atom stereocenters. The van der Waals surface area contributed by atoms with Gasteiger partial charge < -0.3 is 10.4 Å². The Balaban J connectivity index is 2.09. The number of hydrogen-bond donors (Lipinski definition) is 2. The van der Waals surface area contributed by atoms with Crippen LogP contribution in [-0.4, -0.2) is 23.0 Å². The number of carboxylic acids is 1. The van der Waals surface area contributed by atoms with Crippen LogP contribution in [0.2, 0.25) is 0 Å². The minimum absolute atomic E-state index is 0.0908. The monoisotopic (exact) mass is 333 g/mol. The lowest BCUT2D eigenvalue weighted by Gasteiger charge is -2.16. The van der Waals surface area contributed by atoms with E-state index in [1.54, 1.807) is 12.1 Å². The number of rotatable bonds is 6. The van der Waals surface area contributed by atoms with Gasteiger partial charge in [0, 0.05) is 12.0 Å². The highest BCUT2D eigenvalue weighted by atomic mass is 19.1. The standard InChI is InChI=1S/C18H17F2NO3/c1-11-5-2-3-6-12(11)9-16(18(23)24)21-17(22)10-13-14(19)7-4-8-15(13)20/h2-8,16H,9-10H2,1H3,(H,21,22)(H,23,24)/t16-/m0/s1. The maximum atomic E-state index is 13.6. The second-order valence-electron chi connectivity index (χ2n) is 5.47. The van der Waals surface area contributed by atoms with Gasteiger partial charge in [0.15, 0.2) is 0 Å². The highest BCUT2D eigenvalue weighted by Crippen LogP contribution is 2.14. The van der Waals surface area contributed by atoms with Crippen molar-refractivity contribution in [2.45, 2.75) is 25.8 Å². The molecule has 1 atom stereocenters. The van der Waals surface area contributed by atoms with Gasteiger partial charge in [-0.1, -0.05) is 30.3 Å². The fraction of sp³-hybridized carbons (Fsp3) is 0.222. The molecule has 1 amide bonds. The predicted octanol–water partition coefficient (Wildman–Crippen LogP) is 2.63. The number of aryl methyl sites for hydroxylation is 1. The van der Waals surface area contributed by atoms with E-state index in [2.05, 4.69) is 5.32 Å². The van der Waals surface area contributed by atoms with Gasteiger partial charge in [0.25, 0.3) is 0 Å². The largest absolute Gasteiger partial charge is 0.480 e. The van der Waals surface area contributed by atoms with Gasteiger partial charge in [-0.05, 0) is 30.2 Å². The van der Waals surface area contributed by atoms with E-state index in [9.17, 15) is 23.5 Å². The second kappa shape index (κ2) is 7.68. The Labute approximate surface area is 138 Å². The Morgan fingerprint density at radius 3 is 2.29 bits per heavy atom. The number of nitrogens with one attached hydrogen (secondary N) is 1. The molecule has 2 aromatic rings. The van der Waals surface area contributed by atoms with E-state index in [4.69, 9.17) is 0 Å². The molecule has 0 fully saturated rings. The minimum Gasteiger partial charge on any atom is -0.480 e. The molecule has 2 aromatic carbocycles. The summed E-state index contributed by atoms with van der Waals surface area (Å²) in [7, 11) is 0. The Hall–Kier alpha value is -2.76. The van der Waals surface area contributed by atoms with Gasteiger partial charge in [-0.3, -0.25) is 4.79 Å². The van der Waals surface area contributed by atoms with E-state index in [1.165, 1.54) is 6.07 Å². The fourth-order valence-corrected chi connectivity index (χ4v) is 2.37. The average Bonchev–Trinajstić information content (AvgIpc) is 2.52. The number of amides is 1. The first kappa shape index (κ1) is 17.6. The topological polar surface area (TPSA) is 66.4 Å². The van der Waals surface area contributed by atoms with Crippen LogP contribution in [0.3, 0.4) is 0 Å². The highest BCUT2D eigenvalue weighted by Gasteiger charge is 2.22. The molecule has 6 heteroatoms. The number of carbonyl (C=O) groups is 2. The number of aliphatic carboxylic acids is 1. The van der Waals surface area contributed by atoms with E-state index >= 15 is 0 Å². The first-order chi connectivity index (χ1) is 11.4. The van der Waals surface area contributed by atoms with Crippen LogP contribution in [0.25, 0.3) is 0 Å². The lowest BCUT2D eigenvalue weighted by atomic mass is 10.0. The van der Waals surface area contributed by atoms with Crippen molar-refractivity contribution in [3.63, 3.8) is 0 Å². The van der Waals surface area contributed by atoms with Crippen molar-refractivity contribution in [3.8, 4) is 0 Å². The van der Waals surface area contributed by atoms with E-state index in [1.807, 2.05) is 19.1 Å². The van der Waals surface area contributed by atoms with Crippen LogP contribution in [0.1, 0.15) is 16.7 Å². The summed E-state index contributed by atoms with van der Waals surface area (Å²) in [6, 6.07) is 9.34. The normalized spacial score (nSPS) is 11.8. The summed E-state index contributed by atoms with van der Waals surface area (Å²) < 4.78 is 27.1. The first-order valence-corrected chi connectivity index (χ1v) is 7.38. The number of carbonyl (C=O) groups excluding carboxylic acids is 1. The van der Waals surface area contributed by atoms with Crippen molar-refractivity contribution >= 4 is 11.9 Å². The number of hydrogen-bond acceptors (Lipinski definition) is 2. The molecule has 2 rings (SSSR count). The van der Waals surface area contributed by atoms with Crippen molar-refractivity contribution in [3.05, 3.63) is 70.8 Å². The molecule has 0 heterocycles. The molecule has 126 valence electrons. The molecule has 0 saturated carbocycles. The molecule has 0 aliphatic rings. The maximum Gasteiger partial charge on any atom is 0.326 e. The van der Waals surface area contributed by atoms with Gasteiger partial charge >= 0.3 is 5.97 Å². The summed E-state index contributed by atoms with van der Waals surface area (Å²) >= 11 is 0. The Kier molecular flexibility index (Phi) is 5.63. The van der Waals surface area contributed by atoms with E-state index in [0.29, 0.717) is 0 Å². The predicted molar refractivity (Wildman–Crippen MR) is 84.5 cm³/mol. The second-order valence-corrected chi connectivity index (χ2v) is 5.47. The van der Waals surface area contributed by atoms with Gasteiger partial charge in [-0.25, -0.2) is 13.6 Å². The molecular weight excluding hydrogens is 316 g/mol. The zero-order valence-electron chi connectivity index (χ0n) is 13.1. The third-order valence-corrected chi connectivity index (χ3v) is 3.72. The van der Waals surface area contributed by atoms with Gasteiger partial charge in [0.2, 0.25) is 5.91 Å². The third-order valence-electron chi connectivity index (χ3n) is 3.72. The van der Waals surface area contributed by atoms with E-state index < -0.39 is 36.0 Å². The molecule has 0 radical (unpaired) electrons. The average molecular weight is 333 g/mol. The van der Waals surface area contributed by atoms with Gasteiger partial charge in [-0.2, -0.15) is 0 Å². The quantitative estimate of drug-likeness (QED) is 0.854. The molecule has 0 bridgehead atoms. The molecule has 2 N–H and O–H groups in total. The fourth-order valence-electron chi connectivity index (χ4n) is 2.37. The number of benzene rings is 2. The highest BCUT2D eigenvalue weighted by molar-refractivity contribution is 5.85. The lowest BCUT2D eigenvalue weighted by Crippen LogP contribution is -2.43. The van der Waals surface area contributed by atoms with Crippen LogP contribution in [0.4, 0.5) is 8.78 Å². The van der Waals surface area contributed by atoms with Gasteiger partial charge in [0.1, 0.15) is 17.7 Å². The van der Waals surface area contributed by atoms with Crippen LogP contribution in [-0.2, 0) is 22.4 Å². The summed E-state index contributed by atoms with van der Waals surface area (Å²) in [5, 5.41) is 11.6. The van der Waals surface area contributed by atoms with Crippen molar-refractivity contribution in [2.24, 2.45) is 0 Å². The van der Waals surface area contributed by atoms with Gasteiger partial charge in [0.05, 0.1) is 6.42 Å². The van der Waals surface area contributed by atoms with Crippen LogP contribution in [0.5, 0.6) is 0 Å². The van der Waals surface area contributed by atoms with Crippen molar-refractivity contribution in [1.82, 2.24) is 5.32 Å². The number of carboxylic acid groups (broad SMARTS) is 1.